The highest BCUT2D eigenvalue weighted by molar-refractivity contribution is 5.85. The smallest absolute Gasteiger partial charge is 0.128 e. The van der Waals surface area contributed by atoms with Crippen molar-refractivity contribution in [2.24, 2.45) is 0 Å². The van der Waals surface area contributed by atoms with Crippen molar-refractivity contribution in [3.05, 3.63) is 35.6 Å². The van der Waals surface area contributed by atoms with Crippen molar-refractivity contribution in [3.63, 3.8) is 0 Å². The Hall–Kier alpha value is -0.640. The van der Waals surface area contributed by atoms with Crippen molar-refractivity contribution in [1.82, 2.24) is 5.32 Å². The molecule has 0 amide bonds. The molecular formula is C12H17ClFNO. The molecule has 2 N–H and O–H groups in total. The zero-order chi connectivity index (χ0) is 10.9. The summed E-state index contributed by atoms with van der Waals surface area (Å²) in [6.07, 6.45) is 0.966. The van der Waals surface area contributed by atoms with Crippen LogP contribution in [-0.2, 0) is 5.54 Å². The molecule has 0 spiro atoms. The number of halogens is 2. The second-order valence-electron chi connectivity index (χ2n) is 4.39. The summed E-state index contributed by atoms with van der Waals surface area (Å²) in [5, 5.41) is 12.9. The zero-order valence-electron chi connectivity index (χ0n) is 9.24. The van der Waals surface area contributed by atoms with Crippen molar-refractivity contribution in [1.29, 1.82) is 0 Å². The van der Waals surface area contributed by atoms with E-state index in [1.165, 1.54) is 6.07 Å². The second kappa shape index (κ2) is 5.13. The molecule has 0 aliphatic carbocycles. The average Bonchev–Trinajstić information content (AvgIpc) is 2.17. The lowest BCUT2D eigenvalue weighted by molar-refractivity contribution is 0.0820. The van der Waals surface area contributed by atoms with Gasteiger partial charge < -0.3 is 10.4 Å². The van der Waals surface area contributed by atoms with Crippen LogP contribution < -0.4 is 5.32 Å². The van der Waals surface area contributed by atoms with Gasteiger partial charge in [0.25, 0.3) is 0 Å². The molecule has 2 atom stereocenters. The number of aliphatic hydroxyl groups is 1. The van der Waals surface area contributed by atoms with Gasteiger partial charge in [0.05, 0.1) is 6.10 Å². The van der Waals surface area contributed by atoms with Gasteiger partial charge in [0.1, 0.15) is 5.82 Å². The predicted molar refractivity (Wildman–Crippen MR) is 64.2 cm³/mol. The molecule has 2 unspecified atom stereocenters. The fraction of sp³-hybridized carbons (Fsp3) is 0.500. The summed E-state index contributed by atoms with van der Waals surface area (Å²) >= 11 is 0. The van der Waals surface area contributed by atoms with E-state index in [0.717, 1.165) is 13.0 Å². The largest absolute Gasteiger partial charge is 0.393 e. The molecular weight excluding hydrogens is 229 g/mol. The quantitative estimate of drug-likeness (QED) is 0.795. The molecule has 1 aromatic rings. The van der Waals surface area contributed by atoms with E-state index in [9.17, 15) is 9.50 Å². The van der Waals surface area contributed by atoms with Crippen LogP contribution in [0.15, 0.2) is 24.3 Å². The first-order valence-electron chi connectivity index (χ1n) is 5.30. The molecule has 0 radical (unpaired) electrons. The minimum atomic E-state index is -0.441. The molecule has 1 aliphatic rings. The van der Waals surface area contributed by atoms with E-state index in [0.29, 0.717) is 12.0 Å². The van der Waals surface area contributed by atoms with E-state index in [2.05, 4.69) is 5.32 Å². The third kappa shape index (κ3) is 2.54. The highest BCUT2D eigenvalue weighted by atomic mass is 35.5. The SMILES string of the molecule is CC1(c2ccccc2F)CC(O)CCN1.Cl. The molecule has 2 nitrogen and oxygen atoms in total. The average molecular weight is 246 g/mol. The molecule has 4 heteroatoms. The molecule has 0 aromatic heterocycles. The fourth-order valence-electron chi connectivity index (χ4n) is 2.27. The predicted octanol–water partition coefficient (Wildman–Crippen LogP) is 2.21. The summed E-state index contributed by atoms with van der Waals surface area (Å²) in [6.45, 7) is 2.67. The molecule has 1 saturated heterocycles. The summed E-state index contributed by atoms with van der Waals surface area (Å²) in [6, 6.07) is 6.75. The summed E-state index contributed by atoms with van der Waals surface area (Å²) in [5.74, 6) is -0.207. The van der Waals surface area contributed by atoms with E-state index in [-0.39, 0.29) is 24.3 Å². The summed E-state index contributed by atoms with van der Waals surface area (Å²) in [5.41, 5.74) is 0.201. The molecule has 2 rings (SSSR count). The van der Waals surface area contributed by atoms with Crippen molar-refractivity contribution < 1.29 is 9.50 Å². The van der Waals surface area contributed by atoms with Gasteiger partial charge in [-0.1, -0.05) is 18.2 Å². The van der Waals surface area contributed by atoms with Crippen LogP contribution in [0.1, 0.15) is 25.3 Å². The monoisotopic (exact) mass is 245 g/mol. The number of hydrogen-bond donors (Lipinski definition) is 2. The lowest BCUT2D eigenvalue weighted by Crippen LogP contribution is -2.48. The van der Waals surface area contributed by atoms with Crippen LogP contribution in [0.4, 0.5) is 4.39 Å². The molecule has 0 bridgehead atoms. The molecule has 90 valence electrons. The molecule has 0 saturated carbocycles. The third-order valence-corrected chi connectivity index (χ3v) is 3.10. The second-order valence-corrected chi connectivity index (χ2v) is 4.39. The molecule has 1 aromatic carbocycles. The fourth-order valence-corrected chi connectivity index (χ4v) is 2.27. The van der Waals surface area contributed by atoms with E-state index in [4.69, 9.17) is 0 Å². The lowest BCUT2D eigenvalue weighted by atomic mass is 9.82. The Morgan fingerprint density at radius 1 is 1.44 bits per heavy atom. The van der Waals surface area contributed by atoms with Crippen LogP contribution in [0.25, 0.3) is 0 Å². The maximum atomic E-state index is 13.6. The highest BCUT2D eigenvalue weighted by Crippen LogP contribution is 2.31. The number of benzene rings is 1. The third-order valence-electron chi connectivity index (χ3n) is 3.10. The molecule has 16 heavy (non-hydrogen) atoms. The van der Waals surface area contributed by atoms with Gasteiger partial charge in [-0.2, -0.15) is 0 Å². The Bertz CT molecular complexity index is 361. The van der Waals surface area contributed by atoms with Gasteiger partial charge in [0.2, 0.25) is 0 Å². The summed E-state index contributed by atoms with van der Waals surface area (Å²) in [4.78, 5) is 0. The highest BCUT2D eigenvalue weighted by Gasteiger charge is 2.34. The Morgan fingerprint density at radius 3 is 2.75 bits per heavy atom. The van der Waals surface area contributed by atoms with Gasteiger partial charge in [-0.15, -0.1) is 12.4 Å². The van der Waals surface area contributed by atoms with Crippen molar-refractivity contribution in [2.75, 3.05) is 6.54 Å². The van der Waals surface area contributed by atoms with Gasteiger partial charge in [0.15, 0.2) is 0 Å². The van der Waals surface area contributed by atoms with Gasteiger partial charge in [-0.3, -0.25) is 0 Å². The van der Waals surface area contributed by atoms with E-state index < -0.39 is 5.54 Å². The van der Waals surface area contributed by atoms with Gasteiger partial charge in [-0.05, 0) is 32.4 Å². The van der Waals surface area contributed by atoms with Crippen LogP contribution in [-0.4, -0.2) is 17.8 Å². The maximum Gasteiger partial charge on any atom is 0.128 e. The zero-order valence-corrected chi connectivity index (χ0v) is 10.1. The van der Waals surface area contributed by atoms with Crippen LogP contribution in [0.2, 0.25) is 0 Å². The number of rotatable bonds is 1. The Balaban J connectivity index is 0.00000128. The summed E-state index contributed by atoms with van der Waals surface area (Å²) in [7, 11) is 0. The first-order valence-corrected chi connectivity index (χ1v) is 5.30. The van der Waals surface area contributed by atoms with Gasteiger partial charge in [-0.25, -0.2) is 4.39 Å². The van der Waals surface area contributed by atoms with E-state index >= 15 is 0 Å². The van der Waals surface area contributed by atoms with E-state index in [1.807, 2.05) is 13.0 Å². The first kappa shape index (κ1) is 13.4. The number of nitrogens with one attached hydrogen (secondary N) is 1. The number of piperidine rings is 1. The molecule has 1 heterocycles. The van der Waals surface area contributed by atoms with Gasteiger partial charge >= 0.3 is 0 Å². The number of aliphatic hydroxyl groups excluding tert-OH is 1. The van der Waals surface area contributed by atoms with Crippen molar-refractivity contribution in [2.45, 2.75) is 31.4 Å². The normalized spacial score (nSPS) is 29.6. The molecule has 1 fully saturated rings. The van der Waals surface area contributed by atoms with Crippen LogP contribution >= 0.6 is 12.4 Å². The van der Waals surface area contributed by atoms with Crippen LogP contribution in [0, 0.1) is 5.82 Å². The minimum Gasteiger partial charge on any atom is -0.393 e. The standard InChI is InChI=1S/C12H16FNO.ClH/c1-12(8-9(15)6-7-14-12)10-4-2-3-5-11(10)13;/h2-5,9,14-15H,6-8H2,1H3;1H. The molecule has 1 aliphatic heterocycles. The number of hydrogen-bond acceptors (Lipinski definition) is 2. The maximum absolute atomic E-state index is 13.6. The van der Waals surface area contributed by atoms with Crippen LogP contribution in [0.3, 0.4) is 0 Å². The Labute approximate surface area is 101 Å². The topological polar surface area (TPSA) is 32.3 Å². The van der Waals surface area contributed by atoms with Crippen molar-refractivity contribution in [3.8, 4) is 0 Å². The Morgan fingerprint density at radius 2 is 2.12 bits per heavy atom. The minimum absolute atomic E-state index is 0. The van der Waals surface area contributed by atoms with Crippen molar-refractivity contribution >= 4 is 12.4 Å². The first-order chi connectivity index (χ1) is 7.12. The van der Waals surface area contributed by atoms with Gasteiger partial charge in [0, 0.05) is 11.1 Å². The van der Waals surface area contributed by atoms with Crippen LogP contribution in [0.5, 0.6) is 0 Å². The van der Waals surface area contributed by atoms with E-state index in [1.54, 1.807) is 12.1 Å². The lowest BCUT2D eigenvalue weighted by Gasteiger charge is -2.38. The summed E-state index contributed by atoms with van der Waals surface area (Å²) < 4.78 is 13.6. The Kier molecular flexibility index (Phi) is 4.30.